The predicted octanol–water partition coefficient (Wildman–Crippen LogP) is 2.25. The molecule has 326 valence electrons. The summed E-state index contributed by atoms with van der Waals surface area (Å²) >= 11 is 0. The maximum atomic E-state index is 14.8. The van der Waals surface area contributed by atoms with Crippen molar-refractivity contribution in [2.24, 2.45) is 50.2 Å². The van der Waals surface area contributed by atoms with E-state index in [9.17, 15) is 60.0 Å². The molecule has 0 amide bonds. The van der Waals surface area contributed by atoms with Crippen LogP contribution in [0.25, 0.3) is 0 Å². The molecule has 8 N–H and O–H groups in total. The van der Waals surface area contributed by atoms with Crippen LogP contribution < -0.4 is 0 Å². The first kappa shape index (κ1) is 43.5. The number of ether oxygens (including phenoxy) is 4. The van der Waals surface area contributed by atoms with Crippen LogP contribution in [-0.2, 0) is 38.1 Å². The van der Waals surface area contributed by atoms with Crippen LogP contribution in [0.5, 0.6) is 0 Å². The molecule has 4 saturated carbocycles. The molecule has 15 unspecified atom stereocenters. The fraction of sp³-hybridized carbons (Fsp3) is 0.857. The molecule has 2 aliphatic heterocycles. The van der Waals surface area contributed by atoms with Gasteiger partial charge in [0, 0.05) is 5.92 Å². The van der Waals surface area contributed by atoms with E-state index in [2.05, 4.69) is 27.7 Å². The summed E-state index contributed by atoms with van der Waals surface area (Å²) in [6.07, 6.45) is -12.2. The van der Waals surface area contributed by atoms with Crippen LogP contribution in [0.1, 0.15) is 106 Å². The molecule has 5 aliphatic carbocycles. The molecule has 0 radical (unpaired) electrons. The van der Waals surface area contributed by atoms with Gasteiger partial charge in [0.25, 0.3) is 0 Å². The summed E-state index contributed by atoms with van der Waals surface area (Å²) in [7, 11) is 0. The summed E-state index contributed by atoms with van der Waals surface area (Å²) in [5.74, 6) is -4.47. The fourth-order valence-electron chi connectivity index (χ4n) is 13.4. The normalized spacial score (nSPS) is 52.6. The van der Waals surface area contributed by atoms with E-state index < -0.39 is 107 Å². The molecule has 0 bridgehead atoms. The number of fused-ring (bicyclic) bond motifs is 7. The van der Waals surface area contributed by atoms with E-state index in [4.69, 9.17) is 18.9 Å². The number of hydrogen-bond acceptors (Lipinski definition) is 13. The van der Waals surface area contributed by atoms with Crippen LogP contribution >= 0.6 is 0 Å². The van der Waals surface area contributed by atoms with Crippen molar-refractivity contribution in [1.82, 2.24) is 0 Å². The Hall–Kier alpha value is -2.54. The van der Waals surface area contributed by atoms with Crippen molar-refractivity contribution in [2.45, 2.75) is 174 Å². The molecule has 2 saturated heterocycles. The third-order valence-electron chi connectivity index (χ3n) is 17.2. The van der Waals surface area contributed by atoms with Crippen molar-refractivity contribution in [3.63, 3.8) is 0 Å². The van der Waals surface area contributed by atoms with Crippen LogP contribution in [0.4, 0.5) is 0 Å². The van der Waals surface area contributed by atoms with Crippen molar-refractivity contribution in [3.8, 4) is 0 Å². The minimum absolute atomic E-state index is 0.0217. The third kappa shape index (κ3) is 6.25. The van der Waals surface area contributed by atoms with Crippen molar-refractivity contribution < 1.29 is 79.0 Å². The largest absolute Gasteiger partial charge is 0.481 e. The summed E-state index contributed by atoms with van der Waals surface area (Å²) in [6.45, 7) is 14.8. The molecule has 7 aliphatic rings. The Morgan fingerprint density at radius 1 is 0.690 bits per heavy atom. The van der Waals surface area contributed by atoms with Crippen LogP contribution in [0, 0.1) is 50.2 Å². The van der Waals surface area contributed by atoms with Crippen LogP contribution in [0.2, 0.25) is 0 Å². The number of rotatable bonds is 7. The Balaban J connectivity index is 1.17. The van der Waals surface area contributed by atoms with Gasteiger partial charge in [-0.1, -0.05) is 47.1 Å². The average molecular weight is 823 g/mol. The van der Waals surface area contributed by atoms with Gasteiger partial charge in [-0.05, 0) is 110 Å². The van der Waals surface area contributed by atoms with Gasteiger partial charge in [0.1, 0.15) is 36.6 Å². The predicted molar refractivity (Wildman–Crippen MR) is 199 cm³/mol. The first-order valence-corrected chi connectivity index (χ1v) is 20.7. The smallest absolute Gasteiger partial charge is 0.335 e. The molecule has 0 aromatic carbocycles. The number of ketones is 1. The maximum absolute atomic E-state index is 14.8. The number of carbonyl (C=O) groups is 4. The summed E-state index contributed by atoms with van der Waals surface area (Å²) in [5, 5.41) is 83.0. The minimum atomic E-state index is -2.05. The summed E-state index contributed by atoms with van der Waals surface area (Å²) < 4.78 is 23.4. The second kappa shape index (κ2) is 14.3. The maximum Gasteiger partial charge on any atom is 0.335 e. The van der Waals surface area contributed by atoms with Gasteiger partial charge >= 0.3 is 17.9 Å². The lowest BCUT2D eigenvalue weighted by molar-refractivity contribution is -0.371. The van der Waals surface area contributed by atoms with E-state index in [0.29, 0.717) is 25.7 Å². The van der Waals surface area contributed by atoms with Crippen molar-refractivity contribution in [1.29, 1.82) is 0 Å². The van der Waals surface area contributed by atoms with Gasteiger partial charge in [0.05, 0.1) is 11.5 Å². The highest BCUT2D eigenvalue weighted by Crippen LogP contribution is 2.75. The third-order valence-corrected chi connectivity index (χ3v) is 17.2. The van der Waals surface area contributed by atoms with Gasteiger partial charge in [0.2, 0.25) is 0 Å². The molecule has 0 spiro atoms. The Labute approximate surface area is 337 Å². The van der Waals surface area contributed by atoms with E-state index in [1.807, 2.05) is 26.8 Å². The highest BCUT2D eigenvalue weighted by atomic mass is 16.8. The molecular formula is C42H62O16. The molecule has 0 aromatic heterocycles. The van der Waals surface area contributed by atoms with E-state index in [1.54, 1.807) is 0 Å². The summed E-state index contributed by atoms with van der Waals surface area (Å²) in [5.41, 5.74) is -1.81. The Bertz CT molecular complexity index is 1730. The minimum Gasteiger partial charge on any atom is -0.481 e. The van der Waals surface area contributed by atoms with E-state index in [1.165, 1.54) is 0 Å². The monoisotopic (exact) mass is 822 g/mol. The molecule has 19 atom stereocenters. The summed E-state index contributed by atoms with van der Waals surface area (Å²) in [4.78, 5) is 51.3. The molecule has 16 heteroatoms. The lowest BCUT2D eigenvalue weighted by atomic mass is 9.33. The fourth-order valence-corrected chi connectivity index (χ4v) is 13.4. The average Bonchev–Trinajstić information content (AvgIpc) is 3.13. The molecule has 16 nitrogen and oxygen atoms in total. The van der Waals surface area contributed by atoms with Crippen LogP contribution in [-0.4, -0.2) is 132 Å². The van der Waals surface area contributed by atoms with E-state index in [0.717, 1.165) is 37.7 Å². The number of carboxylic acid groups (broad SMARTS) is 3. The quantitative estimate of drug-likeness (QED) is 0.171. The Morgan fingerprint density at radius 2 is 1.28 bits per heavy atom. The first-order chi connectivity index (χ1) is 26.8. The molecule has 2 heterocycles. The van der Waals surface area contributed by atoms with Crippen molar-refractivity contribution >= 4 is 23.7 Å². The molecule has 58 heavy (non-hydrogen) atoms. The number of carbonyl (C=O) groups excluding carboxylic acids is 1. The molecule has 7 rings (SSSR count). The number of aliphatic hydroxyl groups is 5. The zero-order valence-electron chi connectivity index (χ0n) is 34.4. The summed E-state index contributed by atoms with van der Waals surface area (Å²) in [6, 6.07) is 0. The molecule has 0 aromatic rings. The highest BCUT2D eigenvalue weighted by Gasteiger charge is 2.71. The molecular weight excluding hydrogens is 760 g/mol. The number of hydrogen-bond donors (Lipinski definition) is 8. The number of allylic oxidation sites excluding steroid dienone is 2. The van der Waals surface area contributed by atoms with Gasteiger partial charge in [-0.25, -0.2) is 9.59 Å². The van der Waals surface area contributed by atoms with E-state index in [-0.39, 0.29) is 34.4 Å². The highest BCUT2D eigenvalue weighted by molar-refractivity contribution is 5.95. The second-order valence-electron chi connectivity index (χ2n) is 20.6. The zero-order valence-corrected chi connectivity index (χ0v) is 34.4. The van der Waals surface area contributed by atoms with Crippen molar-refractivity contribution in [2.75, 3.05) is 0 Å². The molecule has 6 fully saturated rings. The SMILES string of the molecule is CC1(C(=O)O)CCC2(C)CCC3(C)C(=CC(=O)C4C5(C)CCC(O[C@H]6OC(C(=O)O)[C@@H](O)C(O)C6O[C@@H]6OC(C(=O)O)[C@@H](O)C(O)C6O)C(C)(C)C5CCC43C)C2C1. The van der Waals surface area contributed by atoms with Crippen molar-refractivity contribution in [3.05, 3.63) is 11.6 Å². The number of aliphatic carboxylic acids is 3. The lowest BCUT2D eigenvalue weighted by Crippen LogP contribution is -2.68. The van der Waals surface area contributed by atoms with Gasteiger partial charge in [-0.3, -0.25) is 9.59 Å². The van der Waals surface area contributed by atoms with Gasteiger partial charge in [-0.15, -0.1) is 0 Å². The topological polar surface area (TPSA) is 267 Å². The van der Waals surface area contributed by atoms with Gasteiger partial charge in [0.15, 0.2) is 30.6 Å². The van der Waals surface area contributed by atoms with E-state index >= 15 is 0 Å². The van der Waals surface area contributed by atoms with Gasteiger partial charge in [-0.2, -0.15) is 0 Å². The number of carboxylic acids is 3. The zero-order chi connectivity index (χ0) is 42.9. The number of aliphatic hydroxyl groups excluding tert-OH is 5. The standard InChI is InChI=1S/C42H62O16/c1-37(2)21-8-11-42(7)31(20(43)16-18-19-17-39(4,36(53)54)13-12-38(19,3)14-15-41(18,42)6)40(21,5)10-9-22(37)55-35-30(26(47)25(46)29(57-35)33(51)52)58-34-27(48)23(44)24(45)28(56-34)32(49)50/h16,19,21-31,34-35,44-48H,8-15,17H2,1-7H3,(H,49,50)(H,51,52)(H,53,54)/t19?,21?,22?,23?,24-,25-,26?,27?,28?,29?,30?,31?,34-,35-,38?,39?,40?,41?,42?/m0/s1. The van der Waals surface area contributed by atoms with Crippen LogP contribution in [0.3, 0.4) is 0 Å². The van der Waals surface area contributed by atoms with Crippen LogP contribution in [0.15, 0.2) is 11.6 Å². The lowest BCUT2D eigenvalue weighted by Gasteiger charge is -2.70. The second-order valence-corrected chi connectivity index (χ2v) is 20.6. The first-order valence-electron chi connectivity index (χ1n) is 20.7. The van der Waals surface area contributed by atoms with Gasteiger partial charge < -0.3 is 59.8 Å². The Kier molecular flexibility index (Phi) is 10.7. The Morgan fingerprint density at radius 3 is 1.88 bits per heavy atom.